The molecule has 0 bridgehead atoms. The van der Waals surface area contributed by atoms with Crippen LogP contribution in [-0.4, -0.2) is 28.5 Å². The van der Waals surface area contributed by atoms with E-state index in [-0.39, 0.29) is 22.5 Å². The van der Waals surface area contributed by atoms with Crippen molar-refractivity contribution in [1.82, 2.24) is 0 Å². The smallest absolute Gasteiger partial charge is 0.300 e. The zero-order valence-corrected chi connectivity index (χ0v) is 20.3. The number of ketones is 1. The van der Waals surface area contributed by atoms with Crippen molar-refractivity contribution in [3.05, 3.63) is 95.1 Å². The highest BCUT2D eigenvalue weighted by atomic mass is 16.5. The molecule has 1 saturated heterocycles. The molecular formula is C29H29NO5. The Morgan fingerprint density at radius 1 is 0.971 bits per heavy atom. The zero-order valence-electron chi connectivity index (χ0n) is 20.3. The zero-order chi connectivity index (χ0) is 25.3. The molecule has 1 amide bonds. The number of para-hydroxylation sites is 1. The third-order valence-electron chi connectivity index (χ3n) is 6.05. The number of hydrogen-bond acceptors (Lipinski definition) is 5. The average molecular weight is 472 g/mol. The molecule has 0 aliphatic carbocycles. The van der Waals surface area contributed by atoms with Gasteiger partial charge in [0.1, 0.15) is 17.3 Å². The summed E-state index contributed by atoms with van der Waals surface area (Å²) in [5.74, 6) is -0.982. The highest BCUT2D eigenvalue weighted by Crippen LogP contribution is 2.43. The van der Waals surface area contributed by atoms with Gasteiger partial charge < -0.3 is 14.9 Å². The Kier molecular flexibility index (Phi) is 6.39. The van der Waals surface area contributed by atoms with Crippen LogP contribution in [0.5, 0.6) is 11.5 Å². The quantitative estimate of drug-likeness (QED) is 0.283. The molecule has 35 heavy (non-hydrogen) atoms. The molecule has 1 aliphatic heterocycles. The number of ether oxygens (including phenoxy) is 1. The van der Waals surface area contributed by atoms with Gasteiger partial charge in [-0.25, -0.2) is 0 Å². The molecular weight excluding hydrogens is 442 g/mol. The van der Waals surface area contributed by atoms with E-state index in [0.717, 1.165) is 5.56 Å². The Morgan fingerprint density at radius 3 is 2.23 bits per heavy atom. The second kappa shape index (κ2) is 9.29. The van der Waals surface area contributed by atoms with Crippen molar-refractivity contribution < 1.29 is 24.5 Å². The summed E-state index contributed by atoms with van der Waals surface area (Å²) < 4.78 is 5.79. The first-order valence-corrected chi connectivity index (χ1v) is 11.6. The molecule has 1 unspecified atom stereocenters. The van der Waals surface area contributed by atoms with Gasteiger partial charge in [-0.1, -0.05) is 51.1 Å². The molecule has 2 N–H and O–H groups in total. The number of phenolic OH excluding ortho intramolecular Hbond substituents is 1. The van der Waals surface area contributed by atoms with Crippen molar-refractivity contribution in [2.24, 2.45) is 0 Å². The van der Waals surface area contributed by atoms with Crippen LogP contribution < -0.4 is 9.64 Å². The number of hydrogen-bond donors (Lipinski definition) is 2. The van der Waals surface area contributed by atoms with E-state index in [9.17, 15) is 19.8 Å². The lowest BCUT2D eigenvalue weighted by molar-refractivity contribution is -0.132. The number of carbonyl (C=O) groups excluding carboxylic acids is 2. The summed E-state index contributed by atoms with van der Waals surface area (Å²) in [5, 5.41) is 21.3. The van der Waals surface area contributed by atoms with Crippen LogP contribution in [0.15, 0.2) is 78.4 Å². The number of aliphatic hydroxyl groups is 1. The number of aliphatic hydroxyl groups excluding tert-OH is 1. The molecule has 4 rings (SSSR count). The van der Waals surface area contributed by atoms with Gasteiger partial charge in [-0.15, -0.1) is 0 Å². The number of phenols is 1. The normalized spacial score (nSPS) is 17.6. The Hall–Kier alpha value is -4.06. The minimum absolute atomic E-state index is 0.00596. The molecule has 6 nitrogen and oxygen atoms in total. The molecule has 3 aromatic carbocycles. The van der Waals surface area contributed by atoms with E-state index >= 15 is 0 Å². The largest absolute Gasteiger partial charge is 0.508 e. The van der Waals surface area contributed by atoms with Crippen molar-refractivity contribution in [3.63, 3.8) is 0 Å². The van der Waals surface area contributed by atoms with E-state index in [0.29, 0.717) is 29.2 Å². The molecule has 180 valence electrons. The molecule has 1 aliphatic rings. The number of Topliss-reactive ketones (excluding diaryl/α,β-unsaturated/α-hetero) is 1. The van der Waals surface area contributed by atoms with Crippen LogP contribution in [0.2, 0.25) is 0 Å². The molecule has 6 heteroatoms. The minimum atomic E-state index is -0.859. The van der Waals surface area contributed by atoms with Gasteiger partial charge in [0.05, 0.1) is 18.2 Å². The topological polar surface area (TPSA) is 87.1 Å². The third-order valence-corrected chi connectivity index (χ3v) is 6.05. The van der Waals surface area contributed by atoms with Crippen LogP contribution in [0.4, 0.5) is 5.69 Å². The number of aromatic hydroxyl groups is 1. The molecule has 0 spiro atoms. The summed E-state index contributed by atoms with van der Waals surface area (Å²) in [6, 6.07) is 19.6. The Balaban J connectivity index is 1.94. The number of nitrogens with zero attached hydrogens (tertiary/aromatic N) is 1. The first-order valence-electron chi connectivity index (χ1n) is 11.6. The number of anilines is 1. The molecule has 0 aromatic heterocycles. The number of amides is 1. The average Bonchev–Trinajstić information content (AvgIpc) is 3.10. The van der Waals surface area contributed by atoms with Crippen molar-refractivity contribution in [2.75, 3.05) is 11.5 Å². The first-order chi connectivity index (χ1) is 16.6. The van der Waals surface area contributed by atoms with Crippen LogP contribution in [0.1, 0.15) is 50.4 Å². The highest BCUT2D eigenvalue weighted by Gasteiger charge is 2.47. The Morgan fingerprint density at radius 2 is 1.63 bits per heavy atom. The van der Waals surface area contributed by atoms with Gasteiger partial charge in [-0.2, -0.15) is 0 Å². The maximum atomic E-state index is 13.3. The van der Waals surface area contributed by atoms with E-state index in [2.05, 4.69) is 0 Å². The van der Waals surface area contributed by atoms with E-state index in [1.165, 1.54) is 17.0 Å². The molecule has 1 heterocycles. The minimum Gasteiger partial charge on any atom is -0.508 e. The lowest BCUT2D eigenvalue weighted by Gasteiger charge is -2.26. The molecule has 0 radical (unpaired) electrons. The maximum Gasteiger partial charge on any atom is 0.300 e. The lowest BCUT2D eigenvalue weighted by Crippen LogP contribution is -2.29. The summed E-state index contributed by atoms with van der Waals surface area (Å²) in [6.07, 6.45) is 0. The molecule has 3 aromatic rings. The summed E-state index contributed by atoms with van der Waals surface area (Å²) in [4.78, 5) is 27.9. The van der Waals surface area contributed by atoms with Crippen molar-refractivity contribution in [3.8, 4) is 11.5 Å². The van der Waals surface area contributed by atoms with Crippen LogP contribution >= 0.6 is 0 Å². The second-order valence-corrected chi connectivity index (χ2v) is 9.49. The van der Waals surface area contributed by atoms with Gasteiger partial charge in [-0.05, 0) is 60.4 Å². The fraction of sp³-hybridized carbons (Fsp3) is 0.241. The van der Waals surface area contributed by atoms with Gasteiger partial charge in [0.15, 0.2) is 0 Å². The monoisotopic (exact) mass is 471 g/mol. The summed E-state index contributed by atoms with van der Waals surface area (Å²) >= 11 is 0. The summed E-state index contributed by atoms with van der Waals surface area (Å²) in [5.41, 5.74) is 2.14. The van der Waals surface area contributed by atoms with Crippen LogP contribution in [0.3, 0.4) is 0 Å². The van der Waals surface area contributed by atoms with E-state index in [4.69, 9.17) is 4.74 Å². The van der Waals surface area contributed by atoms with Crippen LogP contribution in [-0.2, 0) is 15.0 Å². The van der Waals surface area contributed by atoms with Crippen molar-refractivity contribution >= 4 is 23.1 Å². The highest BCUT2D eigenvalue weighted by molar-refractivity contribution is 6.51. The van der Waals surface area contributed by atoms with Crippen LogP contribution in [0, 0.1) is 0 Å². The van der Waals surface area contributed by atoms with Gasteiger partial charge in [0.25, 0.3) is 11.7 Å². The molecule has 1 fully saturated rings. The summed E-state index contributed by atoms with van der Waals surface area (Å²) in [7, 11) is 0. The molecule has 1 atom stereocenters. The van der Waals surface area contributed by atoms with Gasteiger partial charge >= 0.3 is 0 Å². The third kappa shape index (κ3) is 4.52. The predicted octanol–water partition coefficient (Wildman–Crippen LogP) is 5.71. The lowest BCUT2D eigenvalue weighted by atomic mass is 9.84. The van der Waals surface area contributed by atoms with E-state index in [1.54, 1.807) is 48.5 Å². The van der Waals surface area contributed by atoms with Crippen molar-refractivity contribution in [2.45, 2.75) is 39.2 Å². The maximum absolute atomic E-state index is 13.3. The van der Waals surface area contributed by atoms with Crippen molar-refractivity contribution in [1.29, 1.82) is 0 Å². The Bertz CT molecular complexity index is 1290. The number of benzene rings is 3. The number of carbonyl (C=O) groups is 2. The predicted molar refractivity (Wildman–Crippen MR) is 136 cm³/mol. The van der Waals surface area contributed by atoms with E-state index in [1.807, 2.05) is 39.8 Å². The second-order valence-electron chi connectivity index (χ2n) is 9.49. The SMILES string of the molecule is CCOc1ccc(/C(O)=C2/C(=O)C(=O)N(c3ccccc3)C2c2ccc(O)cc2)cc1C(C)(C)C. The van der Waals surface area contributed by atoms with Gasteiger partial charge in [-0.3, -0.25) is 14.5 Å². The van der Waals surface area contributed by atoms with Gasteiger partial charge in [0.2, 0.25) is 0 Å². The van der Waals surface area contributed by atoms with Gasteiger partial charge in [0, 0.05) is 16.8 Å². The fourth-order valence-corrected chi connectivity index (χ4v) is 4.36. The standard InChI is InChI=1S/C29H29NO5/c1-5-35-23-16-13-19(17-22(23)29(2,3)4)26(32)24-25(18-11-14-21(31)15-12-18)30(28(34)27(24)33)20-9-7-6-8-10-20/h6-17,25,31-32H,5H2,1-4H3/b26-24-. The van der Waals surface area contributed by atoms with Crippen LogP contribution in [0.25, 0.3) is 5.76 Å². The fourth-order valence-electron chi connectivity index (χ4n) is 4.36. The number of rotatable bonds is 5. The first kappa shape index (κ1) is 24.1. The van der Waals surface area contributed by atoms with E-state index < -0.39 is 17.7 Å². The summed E-state index contributed by atoms with van der Waals surface area (Å²) in [6.45, 7) is 8.53. The Labute approximate surface area is 205 Å². The molecule has 0 saturated carbocycles.